The minimum absolute atomic E-state index is 0.375. The molecule has 0 saturated heterocycles. The van der Waals surface area contributed by atoms with Gasteiger partial charge in [0.15, 0.2) is 5.82 Å². The van der Waals surface area contributed by atoms with Gasteiger partial charge in [-0.3, -0.25) is 14.8 Å². The van der Waals surface area contributed by atoms with E-state index in [1.54, 1.807) is 23.0 Å². The van der Waals surface area contributed by atoms with E-state index in [1.165, 1.54) is 6.20 Å². The number of hydrogen-bond acceptors (Lipinski definition) is 7. The Hall–Kier alpha value is -4.45. The molecule has 0 spiro atoms. The summed E-state index contributed by atoms with van der Waals surface area (Å²) in [5.74, 6) is 1.47. The Morgan fingerprint density at radius 2 is 2.10 bits per heavy atom. The summed E-state index contributed by atoms with van der Waals surface area (Å²) in [6.45, 7) is 0. The highest BCUT2D eigenvalue weighted by Crippen LogP contribution is 2.31. The molecule has 0 bridgehead atoms. The molecule has 2 N–H and O–H groups in total. The van der Waals surface area contributed by atoms with Gasteiger partial charge in [-0.1, -0.05) is 0 Å². The van der Waals surface area contributed by atoms with Crippen LogP contribution in [0.5, 0.6) is 11.8 Å². The van der Waals surface area contributed by atoms with Crippen LogP contribution in [0, 0.1) is 11.3 Å². The fourth-order valence-electron chi connectivity index (χ4n) is 3.06. The number of benzene rings is 1. The molecule has 4 aromatic heterocycles. The number of ether oxygens (including phenoxy) is 1. The molecule has 0 unspecified atom stereocenters. The van der Waals surface area contributed by atoms with E-state index in [1.807, 2.05) is 43.4 Å². The molecular formula is C20H14N8O. The summed E-state index contributed by atoms with van der Waals surface area (Å²) in [6, 6.07) is 14.9. The van der Waals surface area contributed by atoms with Crippen LogP contribution in [-0.2, 0) is 7.05 Å². The van der Waals surface area contributed by atoms with Gasteiger partial charge in [-0.15, -0.1) is 5.10 Å². The van der Waals surface area contributed by atoms with E-state index in [-0.39, 0.29) is 0 Å². The Morgan fingerprint density at radius 3 is 2.93 bits per heavy atom. The fraction of sp³-hybridized carbons (Fsp3) is 0.0500. The molecule has 1 aromatic carbocycles. The molecule has 0 aliphatic rings. The zero-order valence-electron chi connectivity index (χ0n) is 15.3. The second-order valence-electron chi connectivity index (χ2n) is 6.36. The number of hydrogen-bond donors (Lipinski definition) is 2. The molecule has 0 fully saturated rings. The number of nitriles is 1. The maximum atomic E-state index is 8.88. The van der Waals surface area contributed by atoms with Crippen molar-refractivity contribution in [3.8, 4) is 17.8 Å². The first-order chi connectivity index (χ1) is 14.2. The van der Waals surface area contributed by atoms with Crippen molar-refractivity contribution in [3.63, 3.8) is 0 Å². The number of fused-ring (bicyclic) bond motifs is 2. The van der Waals surface area contributed by atoms with Crippen molar-refractivity contribution in [1.82, 2.24) is 29.9 Å². The van der Waals surface area contributed by atoms with Crippen molar-refractivity contribution < 1.29 is 4.74 Å². The van der Waals surface area contributed by atoms with Crippen LogP contribution < -0.4 is 10.1 Å². The van der Waals surface area contributed by atoms with E-state index in [0.717, 1.165) is 27.6 Å². The van der Waals surface area contributed by atoms with E-state index in [0.29, 0.717) is 23.1 Å². The molecule has 0 aliphatic heterocycles. The maximum absolute atomic E-state index is 8.88. The zero-order chi connectivity index (χ0) is 19.8. The fourth-order valence-corrected chi connectivity index (χ4v) is 3.06. The van der Waals surface area contributed by atoms with Crippen LogP contribution in [0.3, 0.4) is 0 Å². The van der Waals surface area contributed by atoms with Gasteiger partial charge in [-0.25, -0.2) is 4.98 Å². The summed E-state index contributed by atoms with van der Waals surface area (Å²) in [5.41, 5.74) is 3.84. The van der Waals surface area contributed by atoms with E-state index in [9.17, 15) is 0 Å². The van der Waals surface area contributed by atoms with Crippen LogP contribution in [0.1, 0.15) is 5.56 Å². The molecule has 0 radical (unpaired) electrons. The number of anilines is 2. The summed E-state index contributed by atoms with van der Waals surface area (Å²) in [6.07, 6.45) is 3.19. The van der Waals surface area contributed by atoms with Crippen LogP contribution >= 0.6 is 0 Å². The first-order valence-electron chi connectivity index (χ1n) is 8.78. The molecule has 0 aliphatic carbocycles. The monoisotopic (exact) mass is 382 g/mol. The molecular weight excluding hydrogens is 368 g/mol. The predicted octanol–water partition coefficient (Wildman–Crippen LogP) is 3.65. The summed E-state index contributed by atoms with van der Waals surface area (Å²) < 4.78 is 7.55. The number of aryl methyl sites for hydroxylation is 1. The number of aromatic amines is 1. The Balaban J connectivity index is 1.46. The minimum atomic E-state index is 0.375. The molecule has 0 saturated carbocycles. The average Bonchev–Trinajstić information content (AvgIpc) is 3.30. The van der Waals surface area contributed by atoms with E-state index in [2.05, 4.69) is 30.6 Å². The Labute approximate surface area is 164 Å². The molecule has 29 heavy (non-hydrogen) atoms. The lowest BCUT2D eigenvalue weighted by molar-refractivity contribution is 0.441. The predicted molar refractivity (Wildman–Crippen MR) is 107 cm³/mol. The molecule has 0 atom stereocenters. The van der Waals surface area contributed by atoms with Crippen molar-refractivity contribution in [2.24, 2.45) is 7.05 Å². The van der Waals surface area contributed by atoms with Crippen LogP contribution in [0.4, 0.5) is 11.5 Å². The summed E-state index contributed by atoms with van der Waals surface area (Å²) in [7, 11) is 1.84. The molecule has 5 rings (SSSR count). The van der Waals surface area contributed by atoms with Crippen molar-refractivity contribution in [2.75, 3.05) is 5.32 Å². The molecule has 4 heterocycles. The first kappa shape index (κ1) is 16.7. The Bertz CT molecular complexity index is 1380. The van der Waals surface area contributed by atoms with E-state index < -0.39 is 0 Å². The molecule has 5 aromatic rings. The third-order valence-electron chi connectivity index (χ3n) is 4.47. The Morgan fingerprint density at radius 1 is 1.17 bits per heavy atom. The summed E-state index contributed by atoms with van der Waals surface area (Å²) in [4.78, 5) is 8.49. The number of aromatic nitrogens is 6. The van der Waals surface area contributed by atoms with Gasteiger partial charge in [0.05, 0.1) is 22.0 Å². The van der Waals surface area contributed by atoms with Gasteiger partial charge in [0, 0.05) is 31.2 Å². The minimum Gasteiger partial charge on any atom is -0.418 e. The lowest BCUT2D eigenvalue weighted by atomic mass is 10.2. The topological polar surface area (TPSA) is 117 Å². The van der Waals surface area contributed by atoms with Crippen molar-refractivity contribution in [2.45, 2.75) is 0 Å². The third-order valence-corrected chi connectivity index (χ3v) is 4.47. The second kappa shape index (κ2) is 6.61. The zero-order valence-corrected chi connectivity index (χ0v) is 15.3. The van der Waals surface area contributed by atoms with Gasteiger partial charge in [0.1, 0.15) is 11.6 Å². The van der Waals surface area contributed by atoms with Gasteiger partial charge in [-0.2, -0.15) is 10.4 Å². The molecule has 140 valence electrons. The van der Waals surface area contributed by atoms with Crippen molar-refractivity contribution in [1.29, 1.82) is 5.26 Å². The highest BCUT2D eigenvalue weighted by molar-refractivity contribution is 5.91. The first-order valence-corrected chi connectivity index (χ1v) is 8.78. The number of H-pyrrole nitrogens is 1. The van der Waals surface area contributed by atoms with E-state index in [4.69, 9.17) is 10.00 Å². The van der Waals surface area contributed by atoms with Crippen LogP contribution in [0.25, 0.3) is 21.9 Å². The standard InChI is InChI=1S/C20H14N8O/c1-28-16-9-13(24-19-18-15(25-26-19)3-2-8-22-18)5-6-14(16)20(27-28)29-17-7-4-12(10-21)11-23-17/h2-9,11H,1H3,(H2,24,25,26). The van der Waals surface area contributed by atoms with Gasteiger partial charge in [0.25, 0.3) is 0 Å². The molecule has 9 heteroatoms. The number of nitrogens with zero attached hydrogens (tertiary/aromatic N) is 6. The summed E-state index contributed by atoms with van der Waals surface area (Å²) >= 11 is 0. The van der Waals surface area contributed by atoms with Crippen LogP contribution in [0.2, 0.25) is 0 Å². The Kier molecular flexibility index (Phi) is 3.81. The highest BCUT2D eigenvalue weighted by atomic mass is 16.5. The lowest BCUT2D eigenvalue weighted by Crippen LogP contribution is -1.94. The maximum Gasteiger partial charge on any atom is 0.247 e. The quantitative estimate of drug-likeness (QED) is 0.487. The van der Waals surface area contributed by atoms with Crippen molar-refractivity contribution >= 4 is 33.4 Å². The average molecular weight is 382 g/mol. The van der Waals surface area contributed by atoms with E-state index >= 15 is 0 Å². The number of rotatable bonds is 4. The number of nitrogens with one attached hydrogen (secondary N) is 2. The van der Waals surface area contributed by atoms with Crippen molar-refractivity contribution in [3.05, 3.63) is 60.4 Å². The summed E-state index contributed by atoms with van der Waals surface area (Å²) in [5, 5.41) is 24.7. The largest absolute Gasteiger partial charge is 0.418 e. The van der Waals surface area contributed by atoms with Gasteiger partial charge < -0.3 is 10.1 Å². The normalized spacial score (nSPS) is 10.9. The third kappa shape index (κ3) is 2.98. The SMILES string of the molecule is Cn1nc(Oc2ccc(C#N)cn2)c2ccc(Nc3n[nH]c4cccnc34)cc21. The van der Waals surface area contributed by atoms with Crippen LogP contribution in [-0.4, -0.2) is 29.9 Å². The highest BCUT2D eigenvalue weighted by Gasteiger charge is 2.13. The molecule has 0 amide bonds. The molecule has 9 nitrogen and oxygen atoms in total. The van der Waals surface area contributed by atoms with Gasteiger partial charge >= 0.3 is 0 Å². The smallest absolute Gasteiger partial charge is 0.247 e. The van der Waals surface area contributed by atoms with Crippen LogP contribution in [0.15, 0.2) is 54.9 Å². The number of pyridine rings is 2. The lowest BCUT2D eigenvalue weighted by Gasteiger charge is -2.04. The van der Waals surface area contributed by atoms with Gasteiger partial charge in [-0.05, 0) is 36.4 Å². The van der Waals surface area contributed by atoms with Gasteiger partial charge in [0.2, 0.25) is 11.8 Å². The second-order valence-corrected chi connectivity index (χ2v) is 6.36.